The van der Waals surface area contributed by atoms with Gasteiger partial charge >= 0.3 is 0 Å². The van der Waals surface area contributed by atoms with Crippen LogP contribution in [0.15, 0.2) is 54.6 Å². The number of carbonyl (C=O) groups is 2. The van der Waals surface area contributed by atoms with Crippen LogP contribution in [0.5, 0.6) is 5.75 Å². The molecule has 8 heteroatoms. The van der Waals surface area contributed by atoms with Crippen LogP contribution in [0.25, 0.3) is 44.6 Å². The van der Waals surface area contributed by atoms with Crippen LogP contribution in [0, 0.1) is 11.8 Å². The lowest BCUT2D eigenvalue weighted by Crippen LogP contribution is -2.39. The summed E-state index contributed by atoms with van der Waals surface area (Å²) in [5.41, 5.74) is 8.40. The Kier molecular flexibility index (Phi) is 6.69. The number of amides is 2. The number of hydrogen-bond acceptors (Lipinski definition) is 4. The molecule has 1 saturated heterocycles. The molecule has 3 aromatic carbocycles. The molecule has 2 amide bonds. The number of nitrogens with zero attached hydrogens (tertiary/aromatic N) is 4. The first-order valence-electron chi connectivity index (χ1n) is 16.3. The molecule has 0 bridgehead atoms. The second-order valence-electron chi connectivity index (χ2n) is 13.1. The Balaban J connectivity index is 1.26. The van der Waals surface area contributed by atoms with Crippen molar-refractivity contribution in [3.63, 3.8) is 0 Å². The summed E-state index contributed by atoms with van der Waals surface area (Å²) < 4.78 is 10.4. The number of rotatable bonds is 7. The van der Waals surface area contributed by atoms with Gasteiger partial charge in [0, 0.05) is 55.3 Å². The van der Waals surface area contributed by atoms with Gasteiger partial charge in [-0.15, -0.1) is 0 Å². The predicted molar refractivity (Wildman–Crippen MR) is 176 cm³/mol. The van der Waals surface area contributed by atoms with E-state index in [0.29, 0.717) is 29.7 Å². The van der Waals surface area contributed by atoms with Crippen LogP contribution in [-0.4, -0.2) is 51.0 Å². The van der Waals surface area contributed by atoms with E-state index in [1.807, 2.05) is 30.1 Å². The van der Waals surface area contributed by atoms with Crippen LogP contribution < -0.4 is 10.1 Å². The van der Waals surface area contributed by atoms with Crippen LogP contribution in [0.1, 0.15) is 65.3 Å². The van der Waals surface area contributed by atoms with Crippen molar-refractivity contribution in [3.05, 3.63) is 71.3 Å². The number of likely N-dealkylation sites (tertiary alicyclic amines) is 1. The summed E-state index contributed by atoms with van der Waals surface area (Å²) >= 11 is 0. The average molecular weight is 602 g/mol. The standard InChI is InChI=1S/C37H39N5O3/c1-4-22-7-6-14-41(20-22)37(44)27-16-30-34(32(18-27)45-3)40(2)35(39-30)31-17-25-8-5-9-28(33(25)42(31)21-23-10-11-23)24-12-13-26-19-38-36(43)29(26)15-24/h5,8-9,12-13,15-18,22-23H,4,6-7,10-11,14,19-21H2,1-3H3,(H,38,43)/t22-/m1/s1. The van der Waals surface area contributed by atoms with Gasteiger partial charge in [-0.05, 0) is 72.9 Å². The number of piperidine rings is 1. The van der Waals surface area contributed by atoms with Gasteiger partial charge < -0.3 is 24.1 Å². The van der Waals surface area contributed by atoms with Gasteiger partial charge in [0.05, 0.1) is 23.8 Å². The quantitative estimate of drug-likeness (QED) is 0.223. The van der Waals surface area contributed by atoms with Gasteiger partial charge in [0.1, 0.15) is 11.3 Å². The van der Waals surface area contributed by atoms with Crippen LogP contribution in [0.2, 0.25) is 0 Å². The number of fused-ring (bicyclic) bond motifs is 3. The highest BCUT2D eigenvalue weighted by Gasteiger charge is 2.29. The van der Waals surface area contributed by atoms with Gasteiger partial charge in [-0.3, -0.25) is 9.59 Å². The first-order valence-corrected chi connectivity index (χ1v) is 16.3. The lowest BCUT2D eigenvalue weighted by atomic mass is 9.95. The fourth-order valence-electron chi connectivity index (χ4n) is 7.46. The maximum Gasteiger partial charge on any atom is 0.254 e. The molecule has 230 valence electrons. The normalized spacial score (nSPS) is 18.1. The Morgan fingerprint density at radius 3 is 2.69 bits per heavy atom. The fraction of sp³-hybridized carbons (Fsp3) is 0.378. The van der Waals surface area contributed by atoms with Crippen molar-refractivity contribution in [3.8, 4) is 28.4 Å². The van der Waals surface area contributed by atoms with Crippen LogP contribution in [0.4, 0.5) is 0 Å². The number of aromatic nitrogens is 3. The number of imidazole rings is 1. The minimum atomic E-state index is -0.00922. The Bertz CT molecular complexity index is 2000. The lowest BCUT2D eigenvalue weighted by molar-refractivity contribution is 0.0671. The predicted octanol–water partition coefficient (Wildman–Crippen LogP) is 6.79. The molecule has 45 heavy (non-hydrogen) atoms. The van der Waals surface area contributed by atoms with E-state index in [4.69, 9.17) is 9.72 Å². The van der Waals surface area contributed by atoms with Gasteiger partial charge in [-0.1, -0.05) is 43.7 Å². The van der Waals surface area contributed by atoms with E-state index >= 15 is 0 Å². The zero-order chi connectivity index (χ0) is 30.8. The van der Waals surface area contributed by atoms with Gasteiger partial charge in [0.15, 0.2) is 5.82 Å². The summed E-state index contributed by atoms with van der Waals surface area (Å²) in [6.07, 6.45) is 5.76. The molecule has 1 N–H and O–H groups in total. The van der Waals surface area contributed by atoms with E-state index in [1.54, 1.807) is 7.11 Å². The Hall–Kier alpha value is -4.59. The molecule has 2 fully saturated rings. The minimum absolute atomic E-state index is 0.00922. The largest absolute Gasteiger partial charge is 0.494 e. The molecule has 2 aliphatic heterocycles. The van der Waals surface area contributed by atoms with Gasteiger partial charge in [-0.25, -0.2) is 4.98 Å². The maximum atomic E-state index is 13.7. The van der Waals surface area contributed by atoms with Crippen LogP contribution >= 0.6 is 0 Å². The molecule has 8 rings (SSSR count). The summed E-state index contributed by atoms with van der Waals surface area (Å²) in [6, 6.07) is 18.7. The van der Waals surface area contributed by atoms with Gasteiger partial charge in [0.25, 0.3) is 11.8 Å². The number of hydrogen-bond donors (Lipinski definition) is 1. The third-order valence-electron chi connectivity index (χ3n) is 10.2. The van der Waals surface area contributed by atoms with Crippen molar-refractivity contribution < 1.29 is 14.3 Å². The first kappa shape index (κ1) is 27.9. The molecule has 2 aromatic heterocycles. The number of aryl methyl sites for hydroxylation is 1. The van der Waals surface area contributed by atoms with Gasteiger partial charge in [0.2, 0.25) is 0 Å². The lowest BCUT2D eigenvalue weighted by Gasteiger charge is -2.32. The van der Waals surface area contributed by atoms with Crippen LogP contribution in [0.3, 0.4) is 0 Å². The second kappa shape index (κ2) is 10.8. The SMILES string of the molecule is CC[C@@H]1CCCN(C(=O)c2cc(OC)c3c(c2)nc(-c2cc4cccc(-c5ccc6c(c5)C(=O)NC6)c4n2CC2CC2)n3C)C1. The van der Waals surface area contributed by atoms with Crippen molar-refractivity contribution in [1.29, 1.82) is 0 Å². The highest BCUT2D eigenvalue weighted by atomic mass is 16.5. The number of nitrogens with one attached hydrogen (secondary N) is 1. The topological polar surface area (TPSA) is 81.4 Å². The van der Waals surface area contributed by atoms with E-state index in [2.05, 4.69) is 57.8 Å². The van der Waals surface area contributed by atoms with E-state index in [9.17, 15) is 9.59 Å². The highest BCUT2D eigenvalue weighted by molar-refractivity contribution is 6.03. The zero-order valence-corrected chi connectivity index (χ0v) is 26.2. The number of benzene rings is 3. The molecular formula is C37H39N5O3. The average Bonchev–Trinajstić information content (AvgIpc) is 3.59. The second-order valence-corrected chi connectivity index (χ2v) is 13.1. The molecule has 1 atom stereocenters. The van der Waals surface area contributed by atoms with Crippen molar-refractivity contribution in [2.75, 3.05) is 20.2 Å². The molecule has 1 aliphatic carbocycles. The van der Waals surface area contributed by atoms with Crippen molar-refractivity contribution in [1.82, 2.24) is 24.3 Å². The third kappa shape index (κ3) is 4.69. The highest BCUT2D eigenvalue weighted by Crippen LogP contribution is 2.41. The summed E-state index contributed by atoms with van der Waals surface area (Å²) in [6.45, 7) is 5.29. The Morgan fingerprint density at radius 2 is 1.89 bits per heavy atom. The molecule has 0 unspecified atom stereocenters. The number of ether oxygens (including phenoxy) is 1. The van der Waals surface area contributed by atoms with Crippen molar-refractivity contribution >= 4 is 33.8 Å². The summed E-state index contributed by atoms with van der Waals surface area (Å²) in [4.78, 5) is 33.4. The van der Waals surface area contributed by atoms with E-state index < -0.39 is 0 Å². The molecule has 0 spiro atoms. The molecule has 3 aliphatic rings. The summed E-state index contributed by atoms with van der Waals surface area (Å²) in [7, 11) is 3.70. The summed E-state index contributed by atoms with van der Waals surface area (Å²) in [5, 5.41) is 4.08. The molecule has 5 aromatic rings. The molecule has 4 heterocycles. The Labute approximate surface area is 263 Å². The maximum absolute atomic E-state index is 13.7. The molecule has 8 nitrogen and oxygen atoms in total. The smallest absolute Gasteiger partial charge is 0.254 e. The molecule has 1 saturated carbocycles. The zero-order valence-electron chi connectivity index (χ0n) is 26.2. The fourth-order valence-corrected chi connectivity index (χ4v) is 7.46. The van der Waals surface area contributed by atoms with Crippen molar-refractivity contribution in [2.45, 2.75) is 52.1 Å². The minimum Gasteiger partial charge on any atom is -0.494 e. The molecule has 0 radical (unpaired) electrons. The third-order valence-corrected chi connectivity index (χ3v) is 10.2. The van der Waals surface area contributed by atoms with Gasteiger partial charge in [-0.2, -0.15) is 0 Å². The Morgan fingerprint density at radius 1 is 1.02 bits per heavy atom. The van der Waals surface area contributed by atoms with Crippen LogP contribution in [-0.2, 0) is 20.1 Å². The number of carbonyl (C=O) groups excluding carboxylic acids is 2. The monoisotopic (exact) mass is 601 g/mol. The molecular weight excluding hydrogens is 562 g/mol. The van der Waals surface area contributed by atoms with E-state index in [1.165, 1.54) is 19.3 Å². The van der Waals surface area contributed by atoms with E-state index in [-0.39, 0.29) is 11.8 Å². The number of methoxy groups -OCH3 is 1. The van der Waals surface area contributed by atoms with Crippen molar-refractivity contribution in [2.24, 2.45) is 18.9 Å². The number of para-hydroxylation sites is 1. The summed E-state index contributed by atoms with van der Waals surface area (Å²) in [5.74, 6) is 2.72. The first-order chi connectivity index (χ1) is 21.9. The van der Waals surface area contributed by atoms with E-state index in [0.717, 1.165) is 88.2 Å².